The van der Waals surface area contributed by atoms with Crippen LogP contribution in [0.25, 0.3) is 0 Å². The number of carboxylic acid groups (broad SMARTS) is 1. The maximum absolute atomic E-state index is 11.5. The van der Waals surface area contributed by atoms with E-state index in [1.807, 2.05) is 38.1 Å². The molecule has 6 heteroatoms. The van der Waals surface area contributed by atoms with Crippen molar-refractivity contribution in [1.29, 1.82) is 0 Å². The number of amides is 2. The van der Waals surface area contributed by atoms with Gasteiger partial charge in [0.05, 0.1) is 12.5 Å². The van der Waals surface area contributed by atoms with Gasteiger partial charge in [0.25, 0.3) is 0 Å². The number of carbonyl (C=O) groups excluding carboxylic acids is 1. The van der Waals surface area contributed by atoms with E-state index in [1.54, 1.807) is 0 Å². The first-order valence-corrected chi connectivity index (χ1v) is 6.47. The molecule has 0 aliphatic carbocycles. The van der Waals surface area contributed by atoms with E-state index in [0.29, 0.717) is 6.54 Å². The van der Waals surface area contributed by atoms with E-state index in [9.17, 15) is 9.59 Å². The molecule has 20 heavy (non-hydrogen) atoms. The number of nitrogens with one attached hydrogen (secondary N) is 2. The van der Waals surface area contributed by atoms with Crippen molar-refractivity contribution in [2.75, 3.05) is 6.54 Å². The minimum Gasteiger partial charge on any atom is -0.491 e. The van der Waals surface area contributed by atoms with Crippen molar-refractivity contribution in [2.24, 2.45) is 0 Å². The van der Waals surface area contributed by atoms with E-state index in [2.05, 4.69) is 10.6 Å². The SMILES string of the molecule is CC(C)Oc1ccccc1CNC(=O)NCCC(=O)O. The van der Waals surface area contributed by atoms with Gasteiger partial charge in [-0.15, -0.1) is 0 Å². The maximum atomic E-state index is 11.5. The van der Waals surface area contributed by atoms with Gasteiger partial charge in [-0.1, -0.05) is 18.2 Å². The number of hydrogen-bond donors (Lipinski definition) is 3. The second-order valence-corrected chi connectivity index (χ2v) is 4.53. The van der Waals surface area contributed by atoms with Crippen LogP contribution in [0.4, 0.5) is 4.79 Å². The van der Waals surface area contributed by atoms with Crippen LogP contribution in [0.1, 0.15) is 25.8 Å². The van der Waals surface area contributed by atoms with Crippen molar-refractivity contribution in [2.45, 2.75) is 32.9 Å². The van der Waals surface area contributed by atoms with Gasteiger partial charge in [-0.25, -0.2) is 4.79 Å². The molecular formula is C14H20N2O4. The third kappa shape index (κ3) is 6.08. The molecule has 0 aromatic heterocycles. The quantitative estimate of drug-likeness (QED) is 0.710. The van der Waals surface area contributed by atoms with E-state index < -0.39 is 12.0 Å². The summed E-state index contributed by atoms with van der Waals surface area (Å²) in [4.78, 5) is 21.8. The molecule has 0 heterocycles. The van der Waals surface area contributed by atoms with Crippen molar-refractivity contribution in [1.82, 2.24) is 10.6 Å². The van der Waals surface area contributed by atoms with E-state index in [0.717, 1.165) is 11.3 Å². The predicted octanol–water partition coefficient (Wildman–Crippen LogP) is 1.75. The zero-order valence-corrected chi connectivity index (χ0v) is 11.7. The lowest BCUT2D eigenvalue weighted by molar-refractivity contribution is -0.136. The topological polar surface area (TPSA) is 87.7 Å². The highest BCUT2D eigenvalue weighted by Crippen LogP contribution is 2.18. The average Bonchev–Trinajstić information content (AvgIpc) is 2.36. The fourth-order valence-electron chi connectivity index (χ4n) is 1.54. The standard InChI is InChI=1S/C14H20N2O4/c1-10(2)20-12-6-4-3-5-11(12)9-16-14(19)15-8-7-13(17)18/h3-6,10H,7-9H2,1-2H3,(H,17,18)(H2,15,16,19). The van der Waals surface area contributed by atoms with Gasteiger partial charge in [-0.2, -0.15) is 0 Å². The third-order valence-corrected chi connectivity index (χ3v) is 2.40. The average molecular weight is 280 g/mol. The number of urea groups is 1. The number of carboxylic acids is 1. The number of hydrogen-bond acceptors (Lipinski definition) is 3. The molecule has 0 bridgehead atoms. The normalized spacial score (nSPS) is 10.2. The highest BCUT2D eigenvalue weighted by atomic mass is 16.5. The Morgan fingerprint density at radius 2 is 1.95 bits per heavy atom. The highest BCUT2D eigenvalue weighted by Gasteiger charge is 2.07. The molecule has 1 aromatic rings. The Bertz CT molecular complexity index is 460. The van der Waals surface area contributed by atoms with Crippen molar-refractivity contribution in [3.8, 4) is 5.75 Å². The van der Waals surface area contributed by atoms with Gasteiger partial charge in [-0.3, -0.25) is 4.79 Å². The van der Waals surface area contributed by atoms with Crippen LogP contribution in [-0.4, -0.2) is 29.8 Å². The first kappa shape index (κ1) is 15.8. The Hall–Kier alpha value is -2.24. The second kappa shape index (κ2) is 8.04. The van der Waals surface area contributed by atoms with Crippen LogP contribution in [0, 0.1) is 0 Å². The van der Waals surface area contributed by atoms with Gasteiger partial charge in [0.15, 0.2) is 0 Å². The minimum absolute atomic E-state index is 0.0561. The molecule has 3 N–H and O–H groups in total. The lowest BCUT2D eigenvalue weighted by atomic mass is 10.2. The summed E-state index contributed by atoms with van der Waals surface area (Å²) in [5, 5.41) is 13.6. The number of aliphatic carboxylic acids is 1. The molecule has 0 aliphatic heterocycles. The predicted molar refractivity (Wildman–Crippen MR) is 74.7 cm³/mol. The molecule has 1 aromatic carbocycles. The molecule has 0 saturated heterocycles. The van der Waals surface area contributed by atoms with Crippen molar-refractivity contribution >= 4 is 12.0 Å². The van der Waals surface area contributed by atoms with Gasteiger partial charge >= 0.3 is 12.0 Å². The molecular weight excluding hydrogens is 260 g/mol. The fourth-order valence-corrected chi connectivity index (χ4v) is 1.54. The fraction of sp³-hybridized carbons (Fsp3) is 0.429. The Morgan fingerprint density at radius 1 is 1.25 bits per heavy atom. The van der Waals surface area contributed by atoms with Crippen LogP contribution in [-0.2, 0) is 11.3 Å². The lowest BCUT2D eigenvalue weighted by Crippen LogP contribution is -2.36. The summed E-state index contributed by atoms with van der Waals surface area (Å²) >= 11 is 0. The summed E-state index contributed by atoms with van der Waals surface area (Å²) in [6.07, 6.45) is -0.0407. The van der Waals surface area contributed by atoms with Gasteiger partial charge < -0.3 is 20.5 Å². The van der Waals surface area contributed by atoms with Gasteiger partial charge in [0, 0.05) is 18.7 Å². The maximum Gasteiger partial charge on any atom is 0.315 e. The molecule has 2 amide bonds. The molecule has 110 valence electrons. The summed E-state index contributed by atoms with van der Waals surface area (Å²) in [6, 6.07) is 7.06. The summed E-state index contributed by atoms with van der Waals surface area (Å²) in [7, 11) is 0. The number of para-hydroxylation sites is 1. The molecule has 0 atom stereocenters. The van der Waals surface area contributed by atoms with E-state index in [1.165, 1.54) is 0 Å². The summed E-state index contributed by atoms with van der Waals surface area (Å²) < 4.78 is 5.64. The molecule has 0 fully saturated rings. The number of benzene rings is 1. The molecule has 0 saturated carbocycles. The molecule has 0 radical (unpaired) electrons. The Balaban J connectivity index is 2.44. The smallest absolute Gasteiger partial charge is 0.315 e. The summed E-state index contributed by atoms with van der Waals surface area (Å²) in [6.45, 7) is 4.29. The zero-order chi connectivity index (χ0) is 15.0. The van der Waals surface area contributed by atoms with Gasteiger partial charge in [0.2, 0.25) is 0 Å². The highest BCUT2D eigenvalue weighted by molar-refractivity contribution is 5.75. The molecule has 6 nitrogen and oxygen atoms in total. The summed E-state index contributed by atoms with van der Waals surface area (Å²) in [5.41, 5.74) is 0.870. The number of rotatable bonds is 7. The van der Waals surface area contributed by atoms with Crippen LogP contribution < -0.4 is 15.4 Å². The molecule has 1 rings (SSSR count). The Labute approximate surface area is 118 Å². The lowest BCUT2D eigenvalue weighted by Gasteiger charge is -2.14. The van der Waals surface area contributed by atoms with Crippen molar-refractivity contribution in [3.63, 3.8) is 0 Å². The van der Waals surface area contributed by atoms with Crippen LogP contribution in [0.3, 0.4) is 0 Å². The van der Waals surface area contributed by atoms with E-state index in [-0.39, 0.29) is 19.1 Å². The summed E-state index contributed by atoms with van der Waals surface area (Å²) in [5.74, 6) is -0.214. The Morgan fingerprint density at radius 3 is 2.60 bits per heavy atom. The molecule has 0 aliphatic rings. The second-order valence-electron chi connectivity index (χ2n) is 4.53. The van der Waals surface area contributed by atoms with Crippen molar-refractivity contribution < 1.29 is 19.4 Å². The van der Waals surface area contributed by atoms with Crippen LogP contribution >= 0.6 is 0 Å². The monoisotopic (exact) mass is 280 g/mol. The number of carbonyl (C=O) groups is 2. The molecule has 0 spiro atoms. The largest absolute Gasteiger partial charge is 0.491 e. The first-order chi connectivity index (χ1) is 9.49. The van der Waals surface area contributed by atoms with Gasteiger partial charge in [-0.05, 0) is 19.9 Å². The minimum atomic E-state index is -0.944. The molecule has 0 unspecified atom stereocenters. The third-order valence-electron chi connectivity index (χ3n) is 2.40. The van der Waals surface area contributed by atoms with Gasteiger partial charge in [0.1, 0.15) is 5.75 Å². The number of ether oxygens (including phenoxy) is 1. The van der Waals surface area contributed by atoms with Crippen LogP contribution in [0.15, 0.2) is 24.3 Å². The zero-order valence-electron chi connectivity index (χ0n) is 11.7. The Kier molecular flexibility index (Phi) is 6.36. The van der Waals surface area contributed by atoms with Crippen LogP contribution in [0.2, 0.25) is 0 Å². The van der Waals surface area contributed by atoms with Crippen LogP contribution in [0.5, 0.6) is 5.75 Å². The van der Waals surface area contributed by atoms with E-state index >= 15 is 0 Å². The first-order valence-electron chi connectivity index (χ1n) is 6.47. The van der Waals surface area contributed by atoms with Crippen molar-refractivity contribution in [3.05, 3.63) is 29.8 Å². The van der Waals surface area contributed by atoms with E-state index in [4.69, 9.17) is 9.84 Å².